The summed E-state index contributed by atoms with van der Waals surface area (Å²) < 4.78 is 1.97. The van der Waals surface area contributed by atoms with Gasteiger partial charge in [-0.2, -0.15) is 5.10 Å². The molecule has 0 unspecified atom stereocenters. The molecule has 0 atom stereocenters. The predicted octanol–water partition coefficient (Wildman–Crippen LogP) is 2.98. The van der Waals surface area contributed by atoms with Gasteiger partial charge in [0.05, 0.1) is 34.7 Å². The van der Waals surface area contributed by atoms with Crippen molar-refractivity contribution in [2.24, 2.45) is 5.10 Å². The van der Waals surface area contributed by atoms with E-state index in [4.69, 9.17) is 16.7 Å². The van der Waals surface area contributed by atoms with Gasteiger partial charge in [0.25, 0.3) is 11.7 Å². The Bertz CT molecular complexity index is 1080. The Morgan fingerprint density at radius 3 is 2.70 bits per heavy atom. The molecule has 0 spiro atoms. The van der Waals surface area contributed by atoms with Crippen molar-refractivity contribution in [3.63, 3.8) is 0 Å². The Balaban J connectivity index is 1.61. The number of carboxylic acids is 1. The zero-order valence-electron chi connectivity index (χ0n) is 16.0. The Hall–Kier alpha value is -3.17. The minimum Gasteiger partial charge on any atom is -0.478 e. The van der Waals surface area contributed by atoms with Gasteiger partial charge in [-0.3, -0.25) is 4.79 Å². The van der Waals surface area contributed by atoms with E-state index >= 15 is 0 Å². The predicted molar refractivity (Wildman–Crippen MR) is 115 cm³/mol. The maximum Gasteiger partial charge on any atom is 0.337 e. The van der Waals surface area contributed by atoms with Crippen LogP contribution in [0.5, 0.6) is 0 Å². The molecule has 1 heterocycles. The van der Waals surface area contributed by atoms with Crippen LogP contribution in [-0.4, -0.2) is 39.1 Å². The molecule has 10 heteroatoms. The molecule has 0 aliphatic heterocycles. The SMILES string of the molecule is CC[n+]1c(SCC(=O)N/N=C/c2ccccc2C(=O)O)n[nH]c1-c1ccc(Cl)cc1. The van der Waals surface area contributed by atoms with Crippen molar-refractivity contribution in [1.29, 1.82) is 0 Å². The largest absolute Gasteiger partial charge is 0.478 e. The number of carbonyl (C=O) groups excluding carboxylic acids is 1. The molecule has 0 aliphatic carbocycles. The van der Waals surface area contributed by atoms with E-state index in [1.165, 1.54) is 24.0 Å². The van der Waals surface area contributed by atoms with Gasteiger partial charge in [0.2, 0.25) is 0 Å². The fraction of sp³-hybridized carbons (Fsp3) is 0.150. The molecule has 30 heavy (non-hydrogen) atoms. The summed E-state index contributed by atoms with van der Waals surface area (Å²) in [6.45, 7) is 2.66. The average Bonchev–Trinajstić information content (AvgIpc) is 3.16. The normalized spacial score (nSPS) is 11.0. The molecule has 1 amide bonds. The summed E-state index contributed by atoms with van der Waals surface area (Å²) in [6, 6.07) is 13.8. The van der Waals surface area contributed by atoms with Crippen LogP contribution < -0.4 is 9.99 Å². The molecule has 8 nitrogen and oxygen atoms in total. The first kappa shape index (κ1) is 21.5. The number of hydrogen-bond acceptors (Lipinski definition) is 5. The van der Waals surface area contributed by atoms with Crippen LogP contribution in [0.25, 0.3) is 11.4 Å². The summed E-state index contributed by atoms with van der Waals surface area (Å²) in [5.41, 5.74) is 3.86. The number of nitrogens with one attached hydrogen (secondary N) is 2. The third-order valence-electron chi connectivity index (χ3n) is 4.11. The molecule has 0 saturated heterocycles. The minimum atomic E-state index is -1.06. The van der Waals surface area contributed by atoms with Gasteiger partial charge in [-0.15, -0.1) is 5.10 Å². The topological polar surface area (TPSA) is 111 Å². The summed E-state index contributed by atoms with van der Waals surface area (Å²) in [5, 5.41) is 21.6. The first-order valence-corrected chi connectivity index (χ1v) is 10.4. The molecule has 1 aromatic heterocycles. The minimum absolute atomic E-state index is 0.100. The third kappa shape index (κ3) is 5.25. The molecule has 0 bridgehead atoms. The lowest BCUT2D eigenvalue weighted by molar-refractivity contribution is -0.719. The maximum absolute atomic E-state index is 12.1. The van der Waals surface area contributed by atoms with Gasteiger partial charge >= 0.3 is 11.1 Å². The van der Waals surface area contributed by atoms with E-state index in [0.29, 0.717) is 22.3 Å². The van der Waals surface area contributed by atoms with Gasteiger partial charge in [-0.1, -0.05) is 29.8 Å². The van der Waals surface area contributed by atoms with E-state index in [0.717, 1.165) is 11.4 Å². The van der Waals surface area contributed by atoms with Crippen LogP contribution in [0.3, 0.4) is 0 Å². The number of benzene rings is 2. The number of nitrogens with zero attached hydrogens (tertiary/aromatic N) is 3. The summed E-state index contributed by atoms with van der Waals surface area (Å²) in [7, 11) is 0. The van der Waals surface area contributed by atoms with Crippen molar-refractivity contribution in [3.05, 3.63) is 64.7 Å². The highest BCUT2D eigenvalue weighted by Gasteiger charge is 2.21. The van der Waals surface area contributed by atoms with Gasteiger partial charge in [-0.25, -0.2) is 14.8 Å². The van der Waals surface area contributed by atoms with Crippen molar-refractivity contribution >= 4 is 41.5 Å². The fourth-order valence-corrected chi connectivity index (χ4v) is 3.63. The molecule has 0 saturated carbocycles. The Labute approximate surface area is 182 Å². The zero-order chi connectivity index (χ0) is 21.5. The second kappa shape index (κ2) is 10.0. The van der Waals surface area contributed by atoms with E-state index < -0.39 is 5.97 Å². The number of aromatic amines is 1. The molecule has 2 aromatic carbocycles. The molecular formula is C20H19ClN5O3S+. The Kier molecular flexibility index (Phi) is 7.21. The number of hydrogen-bond donors (Lipinski definition) is 3. The molecule has 0 fully saturated rings. The molecule has 3 aromatic rings. The lowest BCUT2D eigenvalue weighted by Gasteiger charge is -2.02. The Morgan fingerprint density at radius 2 is 2.00 bits per heavy atom. The first-order valence-electron chi connectivity index (χ1n) is 9.00. The number of H-pyrrole nitrogens is 1. The van der Waals surface area contributed by atoms with Gasteiger partial charge in [0.15, 0.2) is 0 Å². The first-order chi connectivity index (χ1) is 14.5. The number of amides is 1. The van der Waals surface area contributed by atoms with Crippen LogP contribution in [0, 0.1) is 0 Å². The monoisotopic (exact) mass is 444 g/mol. The van der Waals surface area contributed by atoms with Crippen LogP contribution in [0.4, 0.5) is 0 Å². The van der Waals surface area contributed by atoms with E-state index in [1.54, 1.807) is 30.3 Å². The summed E-state index contributed by atoms with van der Waals surface area (Å²) in [5.74, 6) is -0.468. The number of carboxylic acid groups (broad SMARTS) is 1. The van der Waals surface area contributed by atoms with Gasteiger partial charge < -0.3 is 5.11 Å². The number of aromatic nitrogens is 3. The number of carbonyl (C=O) groups is 2. The van der Waals surface area contributed by atoms with Crippen molar-refractivity contribution < 1.29 is 19.3 Å². The molecule has 0 radical (unpaired) electrons. The van der Waals surface area contributed by atoms with Crippen LogP contribution in [0.1, 0.15) is 22.8 Å². The quantitative estimate of drug-likeness (QED) is 0.214. The number of rotatable bonds is 8. The van der Waals surface area contributed by atoms with Crippen molar-refractivity contribution in [3.8, 4) is 11.4 Å². The van der Waals surface area contributed by atoms with E-state index in [9.17, 15) is 9.59 Å². The van der Waals surface area contributed by atoms with Crippen LogP contribution >= 0.6 is 23.4 Å². The second-order valence-corrected chi connectivity index (χ2v) is 7.46. The molecule has 154 valence electrons. The maximum atomic E-state index is 12.1. The number of hydrazone groups is 1. The van der Waals surface area contributed by atoms with Crippen LogP contribution in [0.2, 0.25) is 5.02 Å². The Morgan fingerprint density at radius 1 is 1.27 bits per heavy atom. The highest BCUT2D eigenvalue weighted by atomic mass is 35.5. The van der Waals surface area contributed by atoms with Crippen LogP contribution in [-0.2, 0) is 11.3 Å². The molecule has 0 aliphatic rings. The fourth-order valence-electron chi connectivity index (χ4n) is 2.69. The summed E-state index contributed by atoms with van der Waals surface area (Å²) >= 11 is 7.21. The van der Waals surface area contributed by atoms with Crippen molar-refractivity contribution in [1.82, 2.24) is 15.6 Å². The zero-order valence-corrected chi connectivity index (χ0v) is 17.6. The van der Waals surface area contributed by atoms with Crippen molar-refractivity contribution in [2.45, 2.75) is 18.6 Å². The average molecular weight is 445 g/mol. The lowest BCUT2D eigenvalue weighted by Crippen LogP contribution is -2.36. The van der Waals surface area contributed by atoms with E-state index in [1.807, 2.05) is 23.6 Å². The summed E-state index contributed by atoms with van der Waals surface area (Å²) in [6.07, 6.45) is 1.31. The van der Waals surface area contributed by atoms with Gasteiger partial charge in [0, 0.05) is 10.6 Å². The highest BCUT2D eigenvalue weighted by molar-refractivity contribution is 7.99. The smallest absolute Gasteiger partial charge is 0.337 e. The number of aromatic carboxylic acids is 1. The highest BCUT2D eigenvalue weighted by Crippen LogP contribution is 2.19. The molecule has 3 N–H and O–H groups in total. The van der Waals surface area contributed by atoms with Gasteiger partial charge in [-0.05, 0) is 49.0 Å². The lowest BCUT2D eigenvalue weighted by atomic mass is 10.1. The summed E-state index contributed by atoms with van der Waals surface area (Å²) in [4.78, 5) is 23.3. The standard InChI is InChI=1S/C20H18ClN5O3S/c1-2-26-18(13-7-9-15(21)10-8-13)24-25-20(26)30-12-17(27)23-22-11-14-5-3-4-6-16(14)19(28)29/h3-11H,2,12H2,1H3,(H2,23,27,28,29)/p+1/b22-11+. The van der Waals surface area contributed by atoms with Gasteiger partial charge in [0.1, 0.15) is 0 Å². The van der Waals surface area contributed by atoms with Crippen molar-refractivity contribution in [2.75, 3.05) is 5.75 Å². The number of thioether (sulfide) groups is 1. The molecular weight excluding hydrogens is 426 g/mol. The number of halogens is 1. The third-order valence-corrected chi connectivity index (χ3v) is 5.34. The van der Waals surface area contributed by atoms with Crippen LogP contribution in [0.15, 0.2) is 58.8 Å². The van der Waals surface area contributed by atoms with E-state index in [2.05, 4.69) is 20.7 Å². The van der Waals surface area contributed by atoms with E-state index in [-0.39, 0.29) is 17.2 Å². The molecule has 3 rings (SSSR count). The second-order valence-electron chi connectivity index (χ2n) is 6.08.